The van der Waals surface area contributed by atoms with E-state index in [2.05, 4.69) is 72.5 Å². The predicted molar refractivity (Wildman–Crippen MR) is 143 cm³/mol. The number of nitrogens with zero attached hydrogens (tertiary/aromatic N) is 2. The van der Waals surface area contributed by atoms with Gasteiger partial charge in [-0.1, -0.05) is 60.6 Å². The summed E-state index contributed by atoms with van der Waals surface area (Å²) in [6.45, 7) is 19.2. The predicted octanol–water partition coefficient (Wildman–Crippen LogP) is 7.02. The maximum atomic E-state index is 11.0. The smallest absolute Gasteiger partial charge is 0.226 e. The summed E-state index contributed by atoms with van der Waals surface area (Å²) in [6.07, 6.45) is 0.659. The van der Waals surface area contributed by atoms with Gasteiger partial charge in [-0.25, -0.2) is 4.98 Å². The molecule has 0 aliphatic heterocycles. The van der Waals surface area contributed by atoms with Crippen LogP contribution < -0.4 is 4.74 Å². The third kappa shape index (κ3) is 6.66. The van der Waals surface area contributed by atoms with Crippen molar-refractivity contribution in [1.29, 1.82) is 0 Å². The van der Waals surface area contributed by atoms with Crippen molar-refractivity contribution in [3.63, 3.8) is 0 Å². The van der Waals surface area contributed by atoms with Crippen LogP contribution in [0.5, 0.6) is 11.5 Å². The molecule has 0 atom stereocenters. The summed E-state index contributed by atoms with van der Waals surface area (Å²) >= 11 is 0. The maximum Gasteiger partial charge on any atom is 0.226 e. The molecule has 1 N–H and O–H groups in total. The minimum atomic E-state index is -0.208. The zero-order valence-electron chi connectivity index (χ0n) is 23.0. The lowest BCUT2D eigenvalue weighted by Gasteiger charge is -2.27. The second-order valence-corrected chi connectivity index (χ2v) is 11.5. The number of aromatic nitrogens is 1. The number of benzene rings is 2. The van der Waals surface area contributed by atoms with Gasteiger partial charge in [-0.3, -0.25) is 0 Å². The van der Waals surface area contributed by atoms with E-state index in [9.17, 15) is 5.11 Å². The number of aromatic hydroxyl groups is 1. The van der Waals surface area contributed by atoms with Gasteiger partial charge in [0.05, 0.1) is 12.3 Å². The summed E-state index contributed by atoms with van der Waals surface area (Å²) in [5.74, 6) is 2.59. The molecule has 2 aromatic carbocycles. The Morgan fingerprint density at radius 3 is 2.06 bits per heavy atom. The topological polar surface area (TPSA) is 58.7 Å². The van der Waals surface area contributed by atoms with Gasteiger partial charge in [0.1, 0.15) is 17.3 Å². The molecule has 1 heterocycles. The molecule has 5 heteroatoms. The Bertz CT molecular complexity index is 1100. The van der Waals surface area contributed by atoms with Crippen LogP contribution in [0.15, 0.2) is 40.8 Å². The van der Waals surface area contributed by atoms with Crippen LogP contribution in [0, 0.1) is 6.92 Å². The fraction of sp³-hybridized carbons (Fsp3) is 0.500. The molecule has 35 heavy (non-hydrogen) atoms. The van der Waals surface area contributed by atoms with Crippen molar-refractivity contribution < 1.29 is 14.3 Å². The first-order chi connectivity index (χ1) is 16.3. The first-order valence-electron chi connectivity index (χ1n) is 12.5. The van der Waals surface area contributed by atoms with Gasteiger partial charge in [-0.15, -0.1) is 0 Å². The Balaban J connectivity index is 1.76. The van der Waals surface area contributed by atoms with Gasteiger partial charge in [0.2, 0.25) is 5.89 Å². The first kappa shape index (κ1) is 26.8. The highest BCUT2D eigenvalue weighted by atomic mass is 16.5. The van der Waals surface area contributed by atoms with E-state index in [1.807, 2.05) is 31.2 Å². The number of ether oxygens (including phenoxy) is 1. The Kier molecular flexibility index (Phi) is 8.00. The van der Waals surface area contributed by atoms with Crippen LogP contribution in [-0.2, 0) is 23.8 Å². The van der Waals surface area contributed by atoms with Gasteiger partial charge >= 0.3 is 0 Å². The second kappa shape index (κ2) is 10.4. The Labute approximate surface area is 211 Å². The lowest BCUT2D eigenvalue weighted by molar-refractivity contribution is 0.319. The highest BCUT2D eigenvalue weighted by molar-refractivity contribution is 5.63. The molecule has 0 fully saturated rings. The van der Waals surface area contributed by atoms with Gasteiger partial charge in [0.25, 0.3) is 0 Å². The Hall–Kier alpha value is -2.79. The highest BCUT2D eigenvalue weighted by Gasteiger charge is 2.28. The van der Waals surface area contributed by atoms with E-state index in [1.54, 1.807) is 0 Å². The molecule has 0 unspecified atom stereocenters. The van der Waals surface area contributed by atoms with Gasteiger partial charge in [-0.05, 0) is 61.2 Å². The Morgan fingerprint density at radius 1 is 0.971 bits per heavy atom. The summed E-state index contributed by atoms with van der Waals surface area (Å²) in [4.78, 5) is 7.08. The van der Waals surface area contributed by atoms with E-state index in [1.165, 1.54) is 5.56 Å². The monoisotopic (exact) mass is 478 g/mol. The zero-order chi connectivity index (χ0) is 26.0. The number of aryl methyl sites for hydroxylation is 1. The van der Waals surface area contributed by atoms with Crippen molar-refractivity contribution in [2.45, 2.75) is 79.2 Å². The van der Waals surface area contributed by atoms with Crippen molar-refractivity contribution in [2.75, 3.05) is 20.2 Å². The van der Waals surface area contributed by atoms with Crippen molar-refractivity contribution in [2.24, 2.45) is 0 Å². The third-order valence-corrected chi connectivity index (χ3v) is 6.39. The third-order valence-electron chi connectivity index (χ3n) is 6.39. The minimum absolute atomic E-state index is 0.208. The average Bonchev–Trinajstić information content (AvgIpc) is 3.13. The molecule has 0 saturated carbocycles. The van der Waals surface area contributed by atoms with Crippen LogP contribution in [0.25, 0.3) is 11.5 Å². The molecular formula is C30H42N2O3. The van der Waals surface area contributed by atoms with Crippen LogP contribution in [0.4, 0.5) is 0 Å². The van der Waals surface area contributed by atoms with Crippen LogP contribution in [0.1, 0.15) is 76.6 Å². The first-order valence-corrected chi connectivity index (χ1v) is 12.5. The average molecular weight is 479 g/mol. The second-order valence-electron chi connectivity index (χ2n) is 11.5. The molecule has 0 aliphatic rings. The molecule has 3 rings (SSSR count). The molecule has 0 bridgehead atoms. The van der Waals surface area contributed by atoms with Crippen molar-refractivity contribution in [3.05, 3.63) is 64.5 Å². The number of hydrogen-bond donors (Lipinski definition) is 1. The summed E-state index contributed by atoms with van der Waals surface area (Å²) < 4.78 is 12.1. The largest absolute Gasteiger partial charge is 0.507 e. The summed E-state index contributed by atoms with van der Waals surface area (Å²) in [5.41, 5.74) is 4.43. The van der Waals surface area contributed by atoms with Crippen LogP contribution in [0.3, 0.4) is 0 Å². The molecular weight excluding hydrogens is 436 g/mol. The quantitative estimate of drug-likeness (QED) is 0.377. The number of phenolic OH excluding ortho intramolecular Hbond substituents is 1. The van der Waals surface area contributed by atoms with E-state index in [0.29, 0.717) is 24.7 Å². The molecule has 3 aromatic rings. The molecule has 1 aromatic heterocycles. The maximum absolute atomic E-state index is 11.0. The summed E-state index contributed by atoms with van der Waals surface area (Å²) in [7, 11) is 2.12. The fourth-order valence-corrected chi connectivity index (χ4v) is 4.06. The number of oxazole rings is 1. The van der Waals surface area contributed by atoms with E-state index in [4.69, 9.17) is 14.1 Å². The standard InChI is InChI=1S/C30H42N2O3/c1-10-32(9)19-21-11-13-23(14-12-21)34-16-15-26-20(2)35-28(31-26)22-17-24(29(3,4)5)27(33)25(18-22)30(6,7)8/h11-14,17-18,33H,10,15-16,19H2,1-9H3. The molecule has 190 valence electrons. The molecule has 0 radical (unpaired) electrons. The van der Waals surface area contributed by atoms with E-state index < -0.39 is 0 Å². The molecule has 5 nitrogen and oxygen atoms in total. The molecule has 0 aliphatic carbocycles. The zero-order valence-corrected chi connectivity index (χ0v) is 23.0. The van der Waals surface area contributed by atoms with Crippen molar-refractivity contribution >= 4 is 0 Å². The SMILES string of the molecule is CCN(C)Cc1ccc(OCCc2nc(-c3cc(C(C)(C)C)c(O)c(C(C)(C)C)c3)oc2C)cc1. The van der Waals surface area contributed by atoms with E-state index >= 15 is 0 Å². The van der Waals surface area contributed by atoms with Gasteiger partial charge in [-0.2, -0.15) is 0 Å². The Morgan fingerprint density at radius 2 is 1.54 bits per heavy atom. The van der Waals surface area contributed by atoms with Gasteiger partial charge in [0, 0.05) is 29.7 Å². The summed E-state index contributed by atoms with van der Waals surface area (Å²) in [5, 5.41) is 11.0. The van der Waals surface area contributed by atoms with Crippen LogP contribution >= 0.6 is 0 Å². The number of hydrogen-bond acceptors (Lipinski definition) is 5. The minimum Gasteiger partial charge on any atom is -0.507 e. The fourth-order valence-electron chi connectivity index (χ4n) is 4.06. The van der Waals surface area contributed by atoms with Crippen LogP contribution in [-0.4, -0.2) is 35.2 Å². The van der Waals surface area contributed by atoms with E-state index in [0.717, 1.165) is 47.0 Å². The van der Waals surface area contributed by atoms with Crippen molar-refractivity contribution in [3.8, 4) is 23.0 Å². The molecule has 0 spiro atoms. The van der Waals surface area contributed by atoms with Crippen LogP contribution in [0.2, 0.25) is 0 Å². The molecule has 0 saturated heterocycles. The lowest BCUT2D eigenvalue weighted by Crippen LogP contribution is -2.17. The number of rotatable bonds is 8. The lowest BCUT2D eigenvalue weighted by atomic mass is 9.78. The van der Waals surface area contributed by atoms with E-state index in [-0.39, 0.29) is 10.8 Å². The highest BCUT2D eigenvalue weighted by Crippen LogP contribution is 2.42. The van der Waals surface area contributed by atoms with Crippen molar-refractivity contribution in [1.82, 2.24) is 9.88 Å². The van der Waals surface area contributed by atoms with Gasteiger partial charge < -0.3 is 19.2 Å². The van der Waals surface area contributed by atoms with Gasteiger partial charge in [0.15, 0.2) is 0 Å². The number of phenols is 1. The summed E-state index contributed by atoms with van der Waals surface area (Å²) in [6, 6.07) is 12.3. The molecule has 0 amide bonds. The normalized spacial score (nSPS) is 12.4.